The molecule has 2 atom stereocenters. The molecule has 0 amide bonds. The Balaban J connectivity index is 2.14. The Morgan fingerprint density at radius 3 is 2.90 bits per heavy atom. The molecule has 1 rings (SSSR count). The summed E-state index contributed by atoms with van der Waals surface area (Å²) in [6, 6.07) is 0. The van der Waals surface area contributed by atoms with Crippen LogP contribution in [0.15, 0.2) is 0 Å². The molecule has 0 radical (unpaired) electrons. The fraction of sp³-hybridized carbons (Fsp3) is 0.875. The van der Waals surface area contributed by atoms with E-state index in [1.165, 1.54) is 19.3 Å². The van der Waals surface area contributed by atoms with Crippen LogP contribution in [0.3, 0.4) is 0 Å². The minimum Gasteiger partial charge on any atom is -0.324 e. The fourth-order valence-corrected chi connectivity index (χ4v) is 1.70. The third-order valence-corrected chi connectivity index (χ3v) is 2.27. The maximum atomic E-state index is 8.23. The molecule has 10 heavy (non-hydrogen) atoms. The summed E-state index contributed by atoms with van der Waals surface area (Å²) in [6.45, 7) is 3.17. The van der Waals surface area contributed by atoms with Crippen molar-refractivity contribution in [3.63, 3.8) is 0 Å². The summed E-state index contributed by atoms with van der Waals surface area (Å²) in [6.07, 6.45) is 5.91. The largest absolute Gasteiger partial charge is 0.324 e. The van der Waals surface area contributed by atoms with E-state index >= 15 is 0 Å². The molecule has 2 nitrogen and oxygen atoms in total. The maximum absolute atomic E-state index is 8.23. The molecule has 0 aromatic carbocycles. The quantitative estimate of drug-likeness (QED) is 0.463. The molecule has 1 saturated carbocycles. The predicted molar refractivity (Wildman–Crippen MR) is 40.1 cm³/mol. The van der Waals surface area contributed by atoms with Crippen molar-refractivity contribution in [3.05, 3.63) is 0 Å². The van der Waals surface area contributed by atoms with Crippen LogP contribution in [-0.4, -0.2) is 6.54 Å². The second-order valence-corrected chi connectivity index (χ2v) is 3.28. The molecule has 56 valence electrons. The molecule has 0 saturated heterocycles. The van der Waals surface area contributed by atoms with Crippen LogP contribution in [-0.2, 0) is 0 Å². The Morgan fingerprint density at radius 1 is 1.60 bits per heavy atom. The zero-order valence-electron chi connectivity index (χ0n) is 6.43. The van der Waals surface area contributed by atoms with Crippen LogP contribution >= 0.6 is 0 Å². The van der Waals surface area contributed by atoms with Crippen LogP contribution in [0.25, 0.3) is 0 Å². The van der Waals surface area contributed by atoms with Gasteiger partial charge in [0.25, 0.3) is 0 Å². The van der Waals surface area contributed by atoms with E-state index in [0.29, 0.717) is 0 Å². The molecule has 1 fully saturated rings. The first-order valence-corrected chi connectivity index (χ1v) is 3.95. The summed E-state index contributed by atoms with van der Waals surface area (Å²) in [7, 11) is 0. The minimum atomic E-state index is 0.759. The van der Waals surface area contributed by atoms with Gasteiger partial charge in [0.2, 0.25) is 0 Å². The fourth-order valence-electron chi connectivity index (χ4n) is 1.70. The first-order chi connectivity index (χ1) is 4.83. The normalized spacial score (nSPS) is 31.6. The highest BCUT2D eigenvalue weighted by molar-refractivity contribution is 4.77. The van der Waals surface area contributed by atoms with Gasteiger partial charge in [0.1, 0.15) is 0 Å². The predicted octanol–water partition coefficient (Wildman–Crippen LogP) is 1.49. The van der Waals surface area contributed by atoms with Crippen molar-refractivity contribution < 1.29 is 0 Å². The van der Waals surface area contributed by atoms with Crippen molar-refractivity contribution in [2.75, 3.05) is 6.54 Å². The molecule has 0 aliphatic heterocycles. The Labute approximate surface area is 62.2 Å². The lowest BCUT2D eigenvalue weighted by molar-refractivity contribution is 0.502. The van der Waals surface area contributed by atoms with E-state index in [2.05, 4.69) is 12.2 Å². The Bertz CT molecular complexity index is 137. The van der Waals surface area contributed by atoms with Crippen molar-refractivity contribution in [3.8, 4) is 6.19 Å². The Morgan fingerprint density at radius 2 is 2.40 bits per heavy atom. The lowest BCUT2D eigenvalue weighted by Gasteiger charge is -2.05. The molecule has 1 aliphatic carbocycles. The molecule has 0 aromatic heterocycles. The zero-order chi connectivity index (χ0) is 7.40. The molecule has 2 unspecified atom stereocenters. The zero-order valence-corrected chi connectivity index (χ0v) is 6.43. The highest BCUT2D eigenvalue weighted by Gasteiger charge is 2.20. The minimum absolute atomic E-state index is 0.759. The Hall–Kier alpha value is -0.710. The van der Waals surface area contributed by atoms with E-state index in [-0.39, 0.29) is 0 Å². The van der Waals surface area contributed by atoms with Gasteiger partial charge in [-0.15, -0.1) is 0 Å². The van der Waals surface area contributed by atoms with Gasteiger partial charge in [0, 0.05) is 6.54 Å². The number of nitriles is 1. The number of rotatable bonds is 2. The van der Waals surface area contributed by atoms with Crippen LogP contribution in [0.1, 0.15) is 26.2 Å². The first kappa shape index (κ1) is 7.40. The van der Waals surface area contributed by atoms with Crippen molar-refractivity contribution in [2.24, 2.45) is 11.8 Å². The summed E-state index contributed by atoms with van der Waals surface area (Å²) < 4.78 is 0. The van der Waals surface area contributed by atoms with Gasteiger partial charge >= 0.3 is 0 Å². The van der Waals surface area contributed by atoms with Crippen LogP contribution in [0.5, 0.6) is 0 Å². The topological polar surface area (TPSA) is 35.8 Å². The van der Waals surface area contributed by atoms with Crippen molar-refractivity contribution in [1.29, 1.82) is 5.26 Å². The summed E-state index contributed by atoms with van der Waals surface area (Å²) in [5, 5.41) is 10.9. The smallest absolute Gasteiger partial charge is 0.176 e. The molecule has 0 spiro atoms. The number of nitrogens with one attached hydrogen (secondary N) is 1. The van der Waals surface area contributed by atoms with Gasteiger partial charge in [-0.1, -0.05) is 13.3 Å². The maximum Gasteiger partial charge on any atom is 0.176 e. The van der Waals surface area contributed by atoms with E-state index < -0.39 is 0 Å². The molecule has 1 N–H and O–H groups in total. The summed E-state index contributed by atoms with van der Waals surface area (Å²) >= 11 is 0. The summed E-state index contributed by atoms with van der Waals surface area (Å²) in [5.74, 6) is 1.64. The van der Waals surface area contributed by atoms with E-state index in [1.807, 2.05) is 6.19 Å². The molecule has 1 aliphatic rings. The standard InChI is InChI=1S/C8H14N2/c1-7-2-3-8(4-7)5-10-6-9/h7-8,10H,2-5H2,1H3. The second-order valence-electron chi connectivity index (χ2n) is 3.28. The van der Waals surface area contributed by atoms with Gasteiger partial charge < -0.3 is 5.32 Å². The van der Waals surface area contributed by atoms with E-state index in [9.17, 15) is 0 Å². The highest BCUT2D eigenvalue weighted by Crippen LogP contribution is 2.29. The van der Waals surface area contributed by atoms with Crippen LogP contribution in [0.4, 0.5) is 0 Å². The average Bonchev–Trinajstić information content (AvgIpc) is 2.31. The first-order valence-electron chi connectivity index (χ1n) is 3.95. The molecule has 2 heteroatoms. The molecule has 0 heterocycles. The van der Waals surface area contributed by atoms with Crippen molar-refractivity contribution in [1.82, 2.24) is 5.32 Å². The SMILES string of the molecule is CC1CCC(CNC#N)C1. The van der Waals surface area contributed by atoms with Crippen molar-refractivity contribution >= 4 is 0 Å². The van der Waals surface area contributed by atoms with E-state index in [1.54, 1.807) is 0 Å². The summed E-state index contributed by atoms with van der Waals surface area (Å²) in [5.41, 5.74) is 0. The highest BCUT2D eigenvalue weighted by atomic mass is 14.8. The van der Waals surface area contributed by atoms with Gasteiger partial charge in [-0.05, 0) is 24.7 Å². The Kier molecular flexibility index (Phi) is 2.56. The van der Waals surface area contributed by atoms with Crippen LogP contribution < -0.4 is 5.32 Å². The number of hydrogen-bond acceptors (Lipinski definition) is 2. The number of nitrogens with zero attached hydrogens (tertiary/aromatic N) is 1. The molecular weight excluding hydrogens is 124 g/mol. The lowest BCUT2D eigenvalue weighted by Crippen LogP contribution is -2.15. The monoisotopic (exact) mass is 138 g/mol. The van der Waals surface area contributed by atoms with Gasteiger partial charge in [-0.2, -0.15) is 5.26 Å². The van der Waals surface area contributed by atoms with E-state index in [4.69, 9.17) is 5.26 Å². The summed E-state index contributed by atoms with van der Waals surface area (Å²) in [4.78, 5) is 0. The van der Waals surface area contributed by atoms with Gasteiger partial charge in [0.15, 0.2) is 6.19 Å². The number of hydrogen-bond donors (Lipinski definition) is 1. The molecule has 0 aromatic rings. The van der Waals surface area contributed by atoms with Crippen molar-refractivity contribution in [2.45, 2.75) is 26.2 Å². The second kappa shape index (κ2) is 3.46. The van der Waals surface area contributed by atoms with Crippen LogP contribution in [0, 0.1) is 23.3 Å². The molecular formula is C8H14N2. The van der Waals surface area contributed by atoms with E-state index in [0.717, 1.165) is 18.4 Å². The lowest BCUT2D eigenvalue weighted by atomic mass is 10.1. The molecule has 0 bridgehead atoms. The third kappa shape index (κ3) is 1.91. The average molecular weight is 138 g/mol. The third-order valence-electron chi connectivity index (χ3n) is 2.27. The van der Waals surface area contributed by atoms with Crippen LogP contribution in [0.2, 0.25) is 0 Å². The van der Waals surface area contributed by atoms with Gasteiger partial charge in [-0.25, -0.2) is 0 Å². The van der Waals surface area contributed by atoms with Gasteiger partial charge in [-0.3, -0.25) is 0 Å². The van der Waals surface area contributed by atoms with Gasteiger partial charge in [0.05, 0.1) is 0 Å².